The standard InChI is InChI=1S/C11H11BrIN3O/c12-8-6-14-5-7-10(8)16(15-11(7)13)9-3-1-2-4-17-9/h5-6,9H,1-4H2. The van der Waals surface area contributed by atoms with E-state index in [4.69, 9.17) is 4.74 Å². The minimum atomic E-state index is 0.0634. The smallest absolute Gasteiger partial charge is 0.150 e. The van der Waals surface area contributed by atoms with Gasteiger partial charge in [-0.25, -0.2) is 4.68 Å². The van der Waals surface area contributed by atoms with Crippen LogP contribution in [0.15, 0.2) is 16.9 Å². The number of hydrogen-bond acceptors (Lipinski definition) is 3. The number of hydrogen-bond donors (Lipinski definition) is 0. The molecule has 90 valence electrons. The second kappa shape index (κ2) is 4.81. The average Bonchev–Trinajstić information content (AvgIpc) is 2.70. The quantitative estimate of drug-likeness (QED) is 0.679. The summed E-state index contributed by atoms with van der Waals surface area (Å²) in [4.78, 5) is 4.19. The number of fused-ring (bicyclic) bond motifs is 1. The number of aromatic nitrogens is 3. The Bertz CT molecular complexity index is 551. The van der Waals surface area contributed by atoms with Crippen molar-refractivity contribution in [2.45, 2.75) is 25.5 Å². The van der Waals surface area contributed by atoms with E-state index < -0.39 is 0 Å². The summed E-state index contributed by atoms with van der Waals surface area (Å²) in [6.45, 7) is 0.825. The van der Waals surface area contributed by atoms with Crippen molar-refractivity contribution in [3.8, 4) is 0 Å². The molecule has 1 fully saturated rings. The predicted octanol–water partition coefficient (Wildman–Crippen LogP) is 3.50. The molecule has 1 unspecified atom stereocenters. The molecule has 0 aliphatic carbocycles. The van der Waals surface area contributed by atoms with Gasteiger partial charge in [-0.2, -0.15) is 5.10 Å². The molecule has 0 radical (unpaired) electrons. The highest BCUT2D eigenvalue weighted by Gasteiger charge is 2.21. The lowest BCUT2D eigenvalue weighted by Gasteiger charge is -2.23. The molecule has 3 rings (SSSR count). The molecule has 4 nitrogen and oxygen atoms in total. The number of halogens is 2. The third kappa shape index (κ3) is 2.10. The van der Waals surface area contributed by atoms with Gasteiger partial charge in [0.05, 0.1) is 15.4 Å². The summed E-state index contributed by atoms with van der Waals surface area (Å²) in [7, 11) is 0. The van der Waals surface area contributed by atoms with Crippen molar-refractivity contribution in [1.82, 2.24) is 14.8 Å². The van der Waals surface area contributed by atoms with Crippen molar-refractivity contribution in [1.29, 1.82) is 0 Å². The maximum atomic E-state index is 5.80. The zero-order valence-electron chi connectivity index (χ0n) is 9.07. The molecule has 0 N–H and O–H groups in total. The van der Waals surface area contributed by atoms with E-state index in [1.807, 2.05) is 10.9 Å². The van der Waals surface area contributed by atoms with Crippen LogP contribution in [0.5, 0.6) is 0 Å². The molecule has 0 spiro atoms. The molecule has 6 heteroatoms. The van der Waals surface area contributed by atoms with Crippen molar-refractivity contribution in [3.05, 3.63) is 20.6 Å². The average molecular weight is 408 g/mol. The second-order valence-electron chi connectivity index (χ2n) is 4.07. The highest BCUT2D eigenvalue weighted by molar-refractivity contribution is 14.1. The largest absolute Gasteiger partial charge is 0.356 e. The number of nitrogens with zero attached hydrogens (tertiary/aromatic N) is 3. The first kappa shape index (κ1) is 11.9. The van der Waals surface area contributed by atoms with Crippen LogP contribution in [0, 0.1) is 3.70 Å². The molecule has 0 aromatic carbocycles. The van der Waals surface area contributed by atoms with Gasteiger partial charge in [-0.05, 0) is 57.8 Å². The molecular weight excluding hydrogens is 397 g/mol. The Balaban J connectivity index is 2.15. The number of ether oxygens (including phenoxy) is 1. The summed E-state index contributed by atoms with van der Waals surface area (Å²) < 4.78 is 9.73. The second-order valence-corrected chi connectivity index (χ2v) is 5.95. The Kier molecular flexibility index (Phi) is 3.36. The van der Waals surface area contributed by atoms with Crippen molar-refractivity contribution in [2.75, 3.05) is 6.61 Å². The minimum absolute atomic E-state index is 0.0634. The van der Waals surface area contributed by atoms with E-state index in [2.05, 4.69) is 48.6 Å². The van der Waals surface area contributed by atoms with Gasteiger partial charge in [-0.15, -0.1) is 0 Å². The Morgan fingerprint density at radius 1 is 1.41 bits per heavy atom. The summed E-state index contributed by atoms with van der Waals surface area (Å²) in [6, 6.07) is 0. The lowest BCUT2D eigenvalue weighted by molar-refractivity contribution is -0.0369. The summed E-state index contributed by atoms with van der Waals surface area (Å²) >= 11 is 5.79. The van der Waals surface area contributed by atoms with Crippen LogP contribution < -0.4 is 0 Å². The van der Waals surface area contributed by atoms with E-state index in [1.54, 1.807) is 6.20 Å². The van der Waals surface area contributed by atoms with Crippen LogP contribution in [0.3, 0.4) is 0 Å². The molecular formula is C11H11BrIN3O. The zero-order chi connectivity index (χ0) is 11.8. The first-order valence-electron chi connectivity index (χ1n) is 5.56. The molecule has 0 amide bonds. The van der Waals surface area contributed by atoms with E-state index in [0.29, 0.717) is 0 Å². The SMILES string of the molecule is Brc1cncc2c(I)nn(C3CCCCO3)c12. The van der Waals surface area contributed by atoms with Gasteiger partial charge in [0.15, 0.2) is 6.23 Å². The van der Waals surface area contributed by atoms with Crippen molar-refractivity contribution in [3.63, 3.8) is 0 Å². The molecule has 1 saturated heterocycles. The van der Waals surface area contributed by atoms with Crippen molar-refractivity contribution in [2.24, 2.45) is 0 Å². The monoisotopic (exact) mass is 407 g/mol. The molecule has 17 heavy (non-hydrogen) atoms. The topological polar surface area (TPSA) is 39.9 Å². The van der Waals surface area contributed by atoms with Crippen LogP contribution in [0.2, 0.25) is 0 Å². The van der Waals surface area contributed by atoms with E-state index in [1.165, 1.54) is 6.42 Å². The Morgan fingerprint density at radius 2 is 2.29 bits per heavy atom. The van der Waals surface area contributed by atoms with Crippen LogP contribution in [0.4, 0.5) is 0 Å². The van der Waals surface area contributed by atoms with Gasteiger partial charge in [-0.1, -0.05) is 0 Å². The Morgan fingerprint density at radius 3 is 3.06 bits per heavy atom. The fraction of sp³-hybridized carbons (Fsp3) is 0.455. The molecule has 1 aliphatic heterocycles. The van der Waals surface area contributed by atoms with Gasteiger partial charge in [0.25, 0.3) is 0 Å². The molecule has 2 aromatic heterocycles. The minimum Gasteiger partial charge on any atom is -0.356 e. The van der Waals surface area contributed by atoms with Crippen molar-refractivity contribution < 1.29 is 4.74 Å². The number of pyridine rings is 1. The van der Waals surface area contributed by atoms with Crippen LogP contribution in [0.1, 0.15) is 25.5 Å². The fourth-order valence-corrected chi connectivity index (χ4v) is 3.28. The molecule has 3 heterocycles. The summed E-state index contributed by atoms with van der Waals surface area (Å²) in [6.07, 6.45) is 7.10. The molecule has 2 aromatic rings. The van der Waals surface area contributed by atoms with Gasteiger partial charge in [-0.3, -0.25) is 4.98 Å². The number of rotatable bonds is 1. The van der Waals surface area contributed by atoms with E-state index >= 15 is 0 Å². The summed E-state index contributed by atoms with van der Waals surface area (Å²) in [5.41, 5.74) is 1.08. The van der Waals surface area contributed by atoms with Gasteiger partial charge in [0.2, 0.25) is 0 Å². The molecule has 0 saturated carbocycles. The molecule has 0 bridgehead atoms. The maximum Gasteiger partial charge on any atom is 0.150 e. The van der Waals surface area contributed by atoms with E-state index in [-0.39, 0.29) is 6.23 Å². The van der Waals surface area contributed by atoms with E-state index in [0.717, 1.165) is 38.5 Å². The van der Waals surface area contributed by atoms with Crippen LogP contribution >= 0.6 is 38.5 Å². The predicted molar refractivity (Wildman–Crippen MR) is 76.8 cm³/mol. The van der Waals surface area contributed by atoms with Crippen molar-refractivity contribution >= 4 is 49.4 Å². The fourth-order valence-electron chi connectivity index (χ4n) is 2.14. The summed E-state index contributed by atoms with van der Waals surface area (Å²) in [5, 5.41) is 5.66. The maximum absolute atomic E-state index is 5.80. The van der Waals surface area contributed by atoms with Crippen LogP contribution in [-0.2, 0) is 4.74 Å². The molecule has 1 aliphatic rings. The lowest BCUT2D eigenvalue weighted by atomic mass is 10.2. The highest BCUT2D eigenvalue weighted by Crippen LogP contribution is 2.31. The zero-order valence-corrected chi connectivity index (χ0v) is 12.8. The van der Waals surface area contributed by atoms with Gasteiger partial charge in [0, 0.05) is 19.0 Å². The Hall–Kier alpha value is -0.210. The Labute approximate surface area is 121 Å². The molecule has 1 atom stereocenters. The van der Waals surface area contributed by atoms with Gasteiger partial charge < -0.3 is 4.74 Å². The third-order valence-corrected chi connectivity index (χ3v) is 4.33. The first-order valence-corrected chi connectivity index (χ1v) is 7.43. The summed E-state index contributed by atoms with van der Waals surface area (Å²) in [5.74, 6) is 0. The normalized spacial score (nSPS) is 20.9. The highest BCUT2D eigenvalue weighted by atomic mass is 127. The lowest BCUT2D eigenvalue weighted by Crippen LogP contribution is -2.19. The van der Waals surface area contributed by atoms with Crippen LogP contribution in [0.25, 0.3) is 10.9 Å². The van der Waals surface area contributed by atoms with E-state index in [9.17, 15) is 0 Å². The van der Waals surface area contributed by atoms with Gasteiger partial charge in [0.1, 0.15) is 3.70 Å². The van der Waals surface area contributed by atoms with Crippen LogP contribution in [-0.4, -0.2) is 21.4 Å². The van der Waals surface area contributed by atoms with Gasteiger partial charge >= 0.3 is 0 Å². The third-order valence-electron chi connectivity index (χ3n) is 2.95. The first-order chi connectivity index (χ1) is 8.27.